The van der Waals surface area contributed by atoms with E-state index in [0.29, 0.717) is 12.3 Å². The highest BCUT2D eigenvalue weighted by atomic mass is 16.5. The quantitative estimate of drug-likeness (QED) is 0.570. The van der Waals surface area contributed by atoms with Crippen molar-refractivity contribution in [2.45, 2.75) is 19.3 Å². The Morgan fingerprint density at radius 2 is 2.55 bits per heavy atom. The first-order chi connectivity index (χ1) is 5.29. The summed E-state index contributed by atoms with van der Waals surface area (Å²) in [4.78, 5) is 10.8. The maximum atomic E-state index is 10.8. The minimum absolute atomic E-state index is 0.0911. The van der Waals surface area contributed by atoms with Crippen LogP contribution in [0.4, 0.5) is 0 Å². The standard InChI is InChI=1S/C8H11NO2/c1-11-8(10)7-5-6(7)3-2-4-9/h6-7H,2-3,5H2,1H3/t6-,7+/m1/s1. The number of ether oxygens (including phenoxy) is 1. The third kappa shape index (κ3) is 1.94. The first-order valence-electron chi connectivity index (χ1n) is 3.74. The maximum Gasteiger partial charge on any atom is 0.308 e. The Hall–Kier alpha value is -1.04. The summed E-state index contributed by atoms with van der Waals surface area (Å²) in [6.07, 6.45) is 2.31. The first-order valence-corrected chi connectivity index (χ1v) is 3.74. The third-order valence-electron chi connectivity index (χ3n) is 2.05. The van der Waals surface area contributed by atoms with Crippen LogP contribution in [0, 0.1) is 23.2 Å². The van der Waals surface area contributed by atoms with Gasteiger partial charge in [0.05, 0.1) is 19.1 Å². The maximum absolute atomic E-state index is 10.8. The van der Waals surface area contributed by atoms with Crippen LogP contribution in [-0.4, -0.2) is 13.1 Å². The number of carbonyl (C=O) groups excluding carboxylic acids is 1. The van der Waals surface area contributed by atoms with Gasteiger partial charge in [0.1, 0.15) is 0 Å². The lowest BCUT2D eigenvalue weighted by atomic mass is 10.2. The van der Waals surface area contributed by atoms with E-state index >= 15 is 0 Å². The Kier molecular flexibility index (Phi) is 2.48. The van der Waals surface area contributed by atoms with Crippen molar-refractivity contribution in [3.8, 4) is 6.07 Å². The van der Waals surface area contributed by atoms with Crippen molar-refractivity contribution in [3.63, 3.8) is 0 Å². The van der Waals surface area contributed by atoms with E-state index in [0.717, 1.165) is 12.8 Å². The predicted octanol–water partition coefficient (Wildman–Crippen LogP) is 1.10. The van der Waals surface area contributed by atoms with E-state index in [-0.39, 0.29) is 11.9 Å². The van der Waals surface area contributed by atoms with Gasteiger partial charge in [0.15, 0.2) is 0 Å². The molecule has 0 heterocycles. The fraction of sp³-hybridized carbons (Fsp3) is 0.750. The molecule has 0 spiro atoms. The molecule has 1 saturated carbocycles. The highest BCUT2D eigenvalue weighted by Crippen LogP contribution is 2.42. The molecule has 0 aromatic rings. The first kappa shape index (κ1) is 8.06. The summed E-state index contributed by atoms with van der Waals surface area (Å²) in [7, 11) is 1.40. The Bertz CT molecular complexity index is 195. The zero-order valence-electron chi connectivity index (χ0n) is 6.54. The zero-order valence-corrected chi connectivity index (χ0v) is 6.54. The van der Waals surface area contributed by atoms with Crippen molar-refractivity contribution in [1.29, 1.82) is 5.26 Å². The van der Waals surface area contributed by atoms with Gasteiger partial charge in [-0.3, -0.25) is 4.79 Å². The molecule has 0 aromatic carbocycles. The van der Waals surface area contributed by atoms with Gasteiger partial charge in [-0.05, 0) is 18.8 Å². The van der Waals surface area contributed by atoms with Gasteiger partial charge in [-0.25, -0.2) is 0 Å². The van der Waals surface area contributed by atoms with Crippen LogP contribution in [0.2, 0.25) is 0 Å². The summed E-state index contributed by atoms with van der Waals surface area (Å²) in [5.41, 5.74) is 0. The molecule has 0 bridgehead atoms. The lowest BCUT2D eigenvalue weighted by Crippen LogP contribution is -2.04. The number of rotatable bonds is 3. The molecule has 2 atom stereocenters. The molecular formula is C8H11NO2. The average molecular weight is 153 g/mol. The molecule has 3 nitrogen and oxygen atoms in total. The normalized spacial score (nSPS) is 27.3. The molecule has 3 heteroatoms. The van der Waals surface area contributed by atoms with Crippen molar-refractivity contribution in [3.05, 3.63) is 0 Å². The topological polar surface area (TPSA) is 50.1 Å². The number of hydrogen-bond acceptors (Lipinski definition) is 3. The molecule has 1 rings (SSSR count). The van der Waals surface area contributed by atoms with Crippen LogP contribution in [0.25, 0.3) is 0 Å². The Morgan fingerprint density at radius 1 is 1.82 bits per heavy atom. The smallest absolute Gasteiger partial charge is 0.308 e. The molecule has 0 N–H and O–H groups in total. The van der Waals surface area contributed by atoms with Crippen LogP contribution in [0.1, 0.15) is 19.3 Å². The Morgan fingerprint density at radius 3 is 3.09 bits per heavy atom. The lowest BCUT2D eigenvalue weighted by molar-refractivity contribution is -0.142. The molecule has 0 unspecified atom stereocenters. The van der Waals surface area contributed by atoms with Gasteiger partial charge in [-0.1, -0.05) is 0 Å². The summed E-state index contributed by atoms with van der Waals surface area (Å²) < 4.78 is 4.56. The SMILES string of the molecule is COC(=O)[C@H]1C[C@H]1CCC#N. The number of methoxy groups -OCH3 is 1. The largest absolute Gasteiger partial charge is 0.469 e. The number of esters is 1. The number of carbonyl (C=O) groups is 1. The van der Waals surface area contributed by atoms with Crippen molar-refractivity contribution < 1.29 is 9.53 Å². The van der Waals surface area contributed by atoms with Crippen LogP contribution in [0.3, 0.4) is 0 Å². The summed E-state index contributed by atoms with van der Waals surface area (Å²) in [6.45, 7) is 0. The minimum Gasteiger partial charge on any atom is -0.469 e. The molecule has 1 aliphatic carbocycles. The van der Waals surface area contributed by atoms with Gasteiger partial charge in [0.25, 0.3) is 0 Å². The van der Waals surface area contributed by atoms with Crippen molar-refractivity contribution in [2.75, 3.05) is 7.11 Å². The number of nitrogens with zero attached hydrogens (tertiary/aromatic N) is 1. The Balaban J connectivity index is 2.17. The van der Waals surface area contributed by atoms with Gasteiger partial charge in [-0.15, -0.1) is 0 Å². The van der Waals surface area contributed by atoms with Crippen molar-refractivity contribution in [1.82, 2.24) is 0 Å². The van der Waals surface area contributed by atoms with E-state index in [4.69, 9.17) is 5.26 Å². The molecular weight excluding hydrogens is 142 g/mol. The summed E-state index contributed by atoms with van der Waals surface area (Å²) in [5, 5.41) is 8.26. The van der Waals surface area contributed by atoms with Crippen LogP contribution in [-0.2, 0) is 9.53 Å². The lowest BCUT2D eigenvalue weighted by Gasteiger charge is -1.94. The number of hydrogen-bond donors (Lipinski definition) is 0. The van der Waals surface area contributed by atoms with E-state index < -0.39 is 0 Å². The van der Waals surface area contributed by atoms with E-state index in [1.807, 2.05) is 0 Å². The second-order valence-corrected chi connectivity index (χ2v) is 2.82. The zero-order chi connectivity index (χ0) is 8.27. The highest BCUT2D eigenvalue weighted by Gasteiger charge is 2.43. The molecule has 0 aromatic heterocycles. The van der Waals surface area contributed by atoms with E-state index in [1.54, 1.807) is 0 Å². The molecule has 0 radical (unpaired) electrons. The second kappa shape index (κ2) is 3.38. The van der Waals surface area contributed by atoms with Gasteiger partial charge >= 0.3 is 5.97 Å². The van der Waals surface area contributed by atoms with E-state index in [9.17, 15) is 4.79 Å². The third-order valence-corrected chi connectivity index (χ3v) is 2.05. The molecule has 1 fully saturated rings. The molecule has 11 heavy (non-hydrogen) atoms. The van der Waals surface area contributed by atoms with E-state index in [2.05, 4.69) is 10.8 Å². The minimum atomic E-state index is -0.118. The predicted molar refractivity (Wildman–Crippen MR) is 38.5 cm³/mol. The number of nitriles is 1. The molecule has 0 amide bonds. The van der Waals surface area contributed by atoms with Gasteiger partial charge in [0, 0.05) is 6.42 Å². The van der Waals surface area contributed by atoms with Crippen LogP contribution < -0.4 is 0 Å². The molecule has 1 aliphatic rings. The van der Waals surface area contributed by atoms with Gasteiger partial charge < -0.3 is 4.74 Å². The van der Waals surface area contributed by atoms with Crippen LogP contribution in [0.5, 0.6) is 0 Å². The fourth-order valence-corrected chi connectivity index (χ4v) is 1.26. The second-order valence-electron chi connectivity index (χ2n) is 2.82. The monoisotopic (exact) mass is 153 g/mol. The molecule has 0 aliphatic heterocycles. The summed E-state index contributed by atoms with van der Waals surface area (Å²) in [6, 6.07) is 2.06. The summed E-state index contributed by atoms with van der Waals surface area (Å²) >= 11 is 0. The molecule has 0 saturated heterocycles. The average Bonchev–Trinajstić information content (AvgIpc) is 2.78. The summed E-state index contributed by atoms with van der Waals surface area (Å²) in [5.74, 6) is 0.392. The van der Waals surface area contributed by atoms with Crippen molar-refractivity contribution in [2.24, 2.45) is 11.8 Å². The van der Waals surface area contributed by atoms with Gasteiger partial charge in [-0.2, -0.15) is 5.26 Å². The van der Waals surface area contributed by atoms with Crippen LogP contribution in [0.15, 0.2) is 0 Å². The van der Waals surface area contributed by atoms with E-state index in [1.165, 1.54) is 7.11 Å². The molecule has 60 valence electrons. The van der Waals surface area contributed by atoms with Crippen molar-refractivity contribution >= 4 is 5.97 Å². The Labute approximate surface area is 66.0 Å². The van der Waals surface area contributed by atoms with Gasteiger partial charge in [0.2, 0.25) is 0 Å². The fourth-order valence-electron chi connectivity index (χ4n) is 1.26. The van der Waals surface area contributed by atoms with Crippen LogP contribution >= 0.6 is 0 Å². The highest BCUT2D eigenvalue weighted by molar-refractivity contribution is 5.75.